The maximum Gasteiger partial charge on any atom is 0.230 e. The number of carbonyl (C=O) groups is 1. The third kappa shape index (κ3) is 3.82. The van der Waals surface area contributed by atoms with Crippen molar-refractivity contribution >= 4 is 51.2 Å². The van der Waals surface area contributed by atoms with Gasteiger partial charge in [0.15, 0.2) is 5.16 Å². The first-order chi connectivity index (χ1) is 13.1. The van der Waals surface area contributed by atoms with Crippen molar-refractivity contribution in [3.05, 3.63) is 59.2 Å². The Labute approximate surface area is 166 Å². The summed E-state index contributed by atoms with van der Waals surface area (Å²) in [5.74, 6) is 0.337. The van der Waals surface area contributed by atoms with E-state index in [9.17, 15) is 4.79 Å². The zero-order valence-corrected chi connectivity index (χ0v) is 16.4. The molecule has 0 saturated heterocycles. The molecule has 0 unspecified atom stereocenters. The number of amides is 1. The molecule has 2 heterocycles. The highest BCUT2D eigenvalue weighted by molar-refractivity contribution is 7.99. The van der Waals surface area contributed by atoms with Crippen molar-refractivity contribution in [2.24, 2.45) is 7.05 Å². The number of nitrogens with one attached hydrogen (secondary N) is 2. The number of halogens is 1. The van der Waals surface area contributed by atoms with Crippen molar-refractivity contribution in [1.29, 1.82) is 0 Å². The Kier molecular flexibility index (Phi) is 5.09. The summed E-state index contributed by atoms with van der Waals surface area (Å²) in [6, 6.07) is 13.8. The predicted molar refractivity (Wildman–Crippen MR) is 111 cm³/mol. The molecule has 0 aliphatic heterocycles. The lowest BCUT2D eigenvalue weighted by atomic mass is 10.1. The fraction of sp³-hybridized carbons (Fsp3) is 0.200. The van der Waals surface area contributed by atoms with E-state index in [1.165, 1.54) is 22.7 Å². The van der Waals surface area contributed by atoms with Crippen molar-refractivity contribution in [2.75, 3.05) is 12.3 Å². The van der Waals surface area contributed by atoms with Gasteiger partial charge in [0, 0.05) is 35.7 Å². The van der Waals surface area contributed by atoms with Gasteiger partial charge in [0.1, 0.15) is 0 Å². The minimum atomic E-state index is 0.00456. The second kappa shape index (κ2) is 7.66. The van der Waals surface area contributed by atoms with Crippen LogP contribution in [0.1, 0.15) is 5.56 Å². The number of hydrogen-bond acceptors (Lipinski definition) is 3. The van der Waals surface area contributed by atoms with Gasteiger partial charge in [0.05, 0.1) is 16.8 Å². The van der Waals surface area contributed by atoms with E-state index in [4.69, 9.17) is 11.6 Å². The summed E-state index contributed by atoms with van der Waals surface area (Å²) in [4.78, 5) is 20.0. The quantitative estimate of drug-likeness (QED) is 0.479. The van der Waals surface area contributed by atoms with Gasteiger partial charge < -0.3 is 14.9 Å². The third-order valence-electron chi connectivity index (χ3n) is 4.53. The molecule has 138 valence electrons. The van der Waals surface area contributed by atoms with Crippen LogP contribution in [-0.2, 0) is 18.3 Å². The average molecular weight is 399 g/mol. The average Bonchev–Trinajstić information content (AvgIpc) is 3.21. The van der Waals surface area contributed by atoms with Gasteiger partial charge in [-0.05, 0) is 36.2 Å². The first-order valence-corrected chi connectivity index (χ1v) is 10.0. The molecule has 0 fully saturated rings. The Bertz CT molecular complexity index is 1120. The number of benzene rings is 2. The number of thioether (sulfide) groups is 1. The van der Waals surface area contributed by atoms with Gasteiger partial charge in [-0.1, -0.05) is 41.6 Å². The molecule has 0 bridgehead atoms. The van der Waals surface area contributed by atoms with Crippen LogP contribution in [0.25, 0.3) is 21.9 Å². The van der Waals surface area contributed by atoms with E-state index in [1.54, 1.807) is 0 Å². The van der Waals surface area contributed by atoms with Gasteiger partial charge in [-0.15, -0.1) is 0 Å². The highest BCUT2D eigenvalue weighted by Crippen LogP contribution is 2.25. The molecule has 2 aromatic carbocycles. The summed E-state index contributed by atoms with van der Waals surface area (Å²) < 4.78 is 1.98. The third-order valence-corrected chi connectivity index (χ3v) is 5.79. The minimum Gasteiger partial charge on any atom is -0.361 e. The summed E-state index contributed by atoms with van der Waals surface area (Å²) >= 11 is 7.45. The summed E-state index contributed by atoms with van der Waals surface area (Å²) in [7, 11) is 1.94. The van der Waals surface area contributed by atoms with Crippen molar-refractivity contribution in [3.63, 3.8) is 0 Å². The lowest BCUT2D eigenvalue weighted by Gasteiger charge is -2.05. The van der Waals surface area contributed by atoms with Crippen LogP contribution in [0.15, 0.2) is 53.8 Å². The molecule has 7 heteroatoms. The number of nitrogens with zero attached hydrogens (tertiary/aromatic N) is 2. The monoisotopic (exact) mass is 398 g/mol. The van der Waals surface area contributed by atoms with Crippen LogP contribution in [0.2, 0.25) is 5.02 Å². The van der Waals surface area contributed by atoms with Crippen LogP contribution < -0.4 is 5.32 Å². The Morgan fingerprint density at radius 1 is 1.30 bits per heavy atom. The number of carbonyl (C=O) groups excluding carboxylic acids is 1. The van der Waals surface area contributed by atoms with Crippen molar-refractivity contribution in [3.8, 4) is 0 Å². The first kappa shape index (κ1) is 17.9. The predicted octanol–water partition coefficient (Wildman–Crippen LogP) is 4.16. The highest BCUT2D eigenvalue weighted by atomic mass is 35.5. The van der Waals surface area contributed by atoms with Crippen LogP contribution in [0.3, 0.4) is 0 Å². The summed E-state index contributed by atoms with van der Waals surface area (Å²) in [5.41, 5.74) is 4.18. The highest BCUT2D eigenvalue weighted by Gasteiger charge is 2.11. The number of aromatic amines is 1. The van der Waals surface area contributed by atoms with E-state index in [-0.39, 0.29) is 5.91 Å². The molecule has 2 aromatic heterocycles. The van der Waals surface area contributed by atoms with E-state index < -0.39 is 0 Å². The molecular formula is C20H19ClN4OS. The topological polar surface area (TPSA) is 62.7 Å². The molecule has 0 aliphatic carbocycles. The SMILES string of the molecule is Cn1c(SCC(=O)NCCc2c[nH]c3ccccc23)nc2cc(Cl)ccc21. The molecule has 4 aromatic rings. The van der Waals surface area contributed by atoms with Crippen LogP contribution in [0.5, 0.6) is 0 Å². The molecule has 0 radical (unpaired) electrons. The zero-order valence-electron chi connectivity index (χ0n) is 14.8. The molecule has 0 saturated carbocycles. The summed E-state index contributed by atoms with van der Waals surface area (Å²) in [6.45, 7) is 0.611. The molecule has 0 atom stereocenters. The van der Waals surface area contributed by atoms with Gasteiger partial charge >= 0.3 is 0 Å². The molecular weight excluding hydrogens is 380 g/mol. The zero-order chi connectivity index (χ0) is 18.8. The van der Waals surface area contributed by atoms with Crippen molar-refractivity contribution in [1.82, 2.24) is 19.9 Å². The second-order valence-electron chi connectivity index (χ2n) is 6.33. The molecule has 5 nitrogen and oxygen atoms in total. The lowest BCUT2D eigenvalue weighted by molar-refractivity contribution is -0.118. The fourth-order valence-corrected chi connectivity index (χ4v) is 4.12. The Balaban J connectivity index is 1.32. The van der Waals surface area contributed by atoms with Gasteiger partial charge in [-0.3, -0.25) is 4.79 Å². The molecule has 2 N–H and O–H groups in total. The molecule has 0 aliphatic rings. The van der Waals surface area contributed by atoms with Crippen LogP contribution in [0, 0.1) is 0 Å². The lowest BCUT2D eigenvalue weighted by Crippen LogP contribution is -2.27. The van der Waals surface area contributed by atoms with Crippen LogP contribution in [0.4, 0.5) is 0 Å². The van der Waals surface area contributed by atoms with E-state index >= 15 is 0 Å². The van der Waals surface area contributed by atoms with E-state index in [0.29, 0.717) is 17.3 Å². The minimum absolute atomic E-state index is 0.00456. The van der Waals surface area contributed by atoms with E-state index in [0.717, 1.165) is 28.1 Å². The maximum absolute atomic E-state index is 12.2. The van der Waals surface area contributed by atoms with E-state index in [1.807, 2.05) is 48.1 Å². The number of aromatic nitrogens is 3. The summed E-state index contributed by atoms with van der Waals surface area (Å²) in [5, 5.41) is 5.66. The maximum atomic E-state index is 12.2. The largest absolute Gasteiger partial charge is 0.361 e. The number of fused-ring (bicyclic) bond motifs is 2. The standard InChI is InChI=1S/C20H19ClN4OS/c1-25-18-7-6-14(21)10-17(18)24-20(25)27-12-19(26)22-9-8-13-11-23-16-5-3-2-4-15(13)16/h2-7,10-11,23H,8-9,12H2,1H3,(H,22,26). The molecule has 0 spiro atoms. The number of para-hydroxylation sites is 1. The van der Waals surface area contributed by atoms with Crippen molar-refractivity contribution in [2.45, 2.75) is 11.6 Å². The molecule has 1 amide bonds. The Morgan fingerprint density at radius 3 is 3.04 bits per heavy atom. The van der Waals surface area contributed by atoms with Gasteiger partial charge in [-0.25, -0.2) is 4.98 Å². The number of H-pyrrole nitrogens is 1. The Hall–Kier alpha value is -2.44. The molecule has 27 heavy (non-hydrogen) atoms. The van der Waals surface area contributed by atoms with Crippen LogP contribution in [-0.4, -0.2) is 32.7 Å². The smallest absolute Gasteiger partial charge is 0.230 e. The van der Waals surface area contributed by atoms with Crippen LogP contribution >= 0.6 is 23.4 Å². The number of aryl methyl sites for hydroxylation is 1. The van der Waals surface area contributed by atoms with E-state index in [2.05, 4.69) is 27.4 Å². The van der Waals surface area contributed by atoms with Gasteiger partial charge in [-0.2, -0.15) is 0 Å². The number of imidazole rings is 1. The van der Waals surface area contributed by atoms with Gasteiger partial charge in [0.2, 0.25) is 5.91 Å². The fourth-order valence-electron chi connectivity index (χ4n) is 3.14. The van der Waals surface area contributed by atoms with Gasteiger partial charge in [0.25, 0.3) is 0 Å². The normalized spacial score (nSPS) is 11.3. The number of rotatable bonds is 6. The van der Waals surface area contributed by atoms with Crippen molar-refractivity contribution < 1.29 is 4.79 Å². The number of hydrogen-bond donors (Lipinski definition) is 2. The first-order valence-electron chi connectivity index (χ1n) is 8.68. The second-order valence-corrected chi connectivity index (χ2v) is 7.71. The summed E-state index contributed by atoms with van der Waals surface area (Å²) in [6.07, 6.45) is 2.81. The molecule has 4 rings (SSSR count). The Morgan fingerprint density at radius 2 is 2.15 bits per heavy atom.